The van der Waals surface area contributed by atoms with Crippen LogP contribution in [0.1, 0.15) is 12.2 Å². The van der Waals surface area contributed by atoms with Gasteiger partial charge in [-0.15, -0.1) is 0 Å². The van der Waals surface area contributed by atoms with E-state index in [2.05, 4.69) is 22.5 Å². The van der Waals surface area contributed by atoms with Crippen molar-refractivity contribution >= 4 is 43.8 Å². The monoisotopic (exact) mass is 584 g/mol. The standard InChI is InChI=1S/C26H28F4N4O3S2/c1-32-21-14-16(39(3,31)35)9-10-22(21)36-13-5-8-23-25(38-26(28,29)30)17-6-4-7-20(24(17)37-23)33-19-11-12-34(2)15-18(19)27/h4,6-7,9-10,14,18-19,31-33H,11-13,15H2,1-3H3/t18-,19+,39?/m0/s1. The van der Waals surface area contributed by atoms with Gasteiger partial charge in [-0.3, -0.25) is 0 Å². The topological polar surface area (TPSA) is 90.6 Å². The van der Waals surface area contributed by atoms with Crippen LogP contribution in [0.25, 0.3) is 11.0 Å². The first kappa shape index (κ1) is 28.9. The van der Waals surface area contributed by atoms with E-state index < -0.39 is 27.5 Å². The summed E-state index contributed by atoms with van der Waals surface area (Å²) in [6.45, 7) is 0.778. The summed E-state index contributed by atoms with van der Waals surface area (Å²) in [7, 11) is 0.546. The van der Waals surface area contributed by atoms with E-state index in [1.54, 1.807) is 25.2 Å². The number of nitrogens with zero attached hydrogens (tertiary/aromatic N) is 1. The van der Waals surface area contributed by atoms with Gasteiger partial charge in [-0.05, 0) is 61.5 Å². The zero-order valence-electron chi connectivity index (χ0n) is 21.4. The number of fused-ring (bicyclic) bond motifs is 1. The molecular formula is C26H28F4N4O3S2. The number of hydrogen-bond acceptors (Lipinski definition) is 8. The average molecular weight is 585 g/mol. The molecule has 210 valence electrons. The summed E-state index contributed by atoms with van der Waals surface area (Å²) in [5.41, 5.74) is -3.51. The molecule has 1 aliphatic rings. The Balaban J connectivity index is 1.61. The normalized spacial score (nSPS) is 19.7. The lowest BCUT2D eigenvalue weighted by atomic mass is 10.0. The Kier molecular flexibility index (Phi) is 8.58. The molecule has 0 spiro atoms. The van der Waals surface area contributed by atoms with Crippen LogP contribution in [-0.2, 0) is 9.73 Å². The highest BCUT2D eigenvalue weighted by molar-refractivity contribution is 8.00. The van der Waals surface area contributed by atoms with E-state index in [0.717, 1.165) is 0 Å². The summed E-state index contributed by atoms with van der Waals surface area (Å²) < 4.78 is 86.1. The maximum absolute atomic E-state index is 14.6. The highest BCUT2D eigenvalue weighted by Gasteiger charge is 2.34. The summed E-state index contributed by atoms with van der Waals surface area (Å²) in [6, 6.07) is 8.85. The van der Waals surface area contributed by atoms with Crippen LogP contribution >= 0.6 is 11.8 Å². The van der Waals surface area contributed by atoms with Gasteiger partial charge in [-0.1, -0.05) is 12.0 Å². The van der Waals surface area contributed by atoms with Crippen molar-refractivity contribution in [1.82, 2.24) is 4.90 Å². The molecule has 2 aromatic carbocycles. The smallest absolute Gasteiger partial charge is 0.446 e. The maximum atomic E-state index is 14.6. The second kappa shape index (κ2) is 11.6. The summed E-state index contributed by atoms with van der Waals surface area (Å²) in [5, 5.41) is 6.24. The SMILES string of the molecule is CNc1cc(S(C)(=N)=O)ccc1OCC#Cc1oc2c(N[C@@H]3CCN(C)C[C@@H]3F)cccc2c1SC(F)(F)F. The Morgan fingerprint density at radius 3 is 2.72 bits per heavy atom. The number of para-hydroxylation sites is 1. The quantitative estimate of drug-likeness (QED) is 0.178. The van der Waals surface area contributed by atoms with Gasteiger partial charge in [0.05, 0.1) is 32.0 Å². The van der Waals surface area contributed by atoms with Crippen molar-refractivity contribution in [2.24, 2.45) is 0 Å². The van der Waals surface area contributed by atoms with E-state index in [4.69, 9.17) is 13.9 Å². The second-order valence-corrected chi connectivity index (χ2v) is 12.4. The molecule has 0 aliphatic carbocycles. The Labute approximate surface area is 228 Å². The van der Waals surface area contributed by atoms with Gasteiger partial charge in [-0.25, -0.2) is 13.4 Å². The fourth-order valence-electron chi connectivity index (χ4n) is 4.23. The molecule has 0 amide bonds. The summed E-state index contributed by atoms with van der Waals surface area (Å²) in [4.78, 5) is 2.03. The third-order valence-corrected chi connectivity index (χ3v) is 8.14. The Hall–Kier alpha value is -3.08. The molecule has 0 saturated carbocycles. The lowest BCUT2D eigenvalue weighted by Crippen LogP contribution is -2.46. The molecule has 7 nitrogen and oxygen atoms in total. The molecule has 4 rings (SSSR count). The van der Waals surface area contributed by atoms with Gasteiger partial charge >= 0.3 is 5.51 Å². The van der Waals surface area contributed by atoms with Gasteiger partial charge in [0.15, 0.2) is 11.3 Å². The van der Waals surface area contributed by atoms with Gasteiger partial charge in [-0.2, -0.15) is 13.2 Å². The van der Waals surface area contributed by atoms with E-state index in [1.807, 2.05) is 11.9 Å². The van der Waals surface area contributed by atoms with Crippen LogP contribution < -0.4 is 15.4 Å². The van der Waals surface area contributed by atoms with Gasteiger partial charge in [0.25, 0.3) is 0 Å². The molecule has 3 N–H and O–H groups in total. The van der Waals surface area contributed by atoms with E-state index in [-0.39, 0.29) is 46.5 Å². The first-order valence-electron chi connectivity index (χ1n) is 11.9. The maximum Gasteiger partial charge on any atom is 0.446 e. The lowest BCUT2D eigenvalue weighted by Gasteiger charge is -2.33. The lowest BCUT2D eigenvalue weighted by molar-refractivity contribution is -0.0328. The summed E-state index contributed by atoms with van der Waals surface area (Å²) in [5.74, 6) is 5.54. The first-order chi connectivity index (χ1) is 18.4. The Morgan fingerprint density at radius 2 is 2.05 bits per heavy atom. The van der Waals surface area contributed by atoms with E-state index in [1.165, 1.54) is 24.5 Å². The van der Waals surface area contributed by atoms with E-state index >= 15 is 0 Å². The molecule has 0 radical (unpaired) electrons. The average Bonchev–Trinajstić information content (AvgIpc) is 3.19. The zero-order chi connectivity index (χ0) is 28.4. The highest BCUT2D eigenvalue weighted by Crippen LogP contribution is 2.45. The molecule has 1 unspecified atom stereocenters. The number of thioether (sulfide) groups is 1. The number of benzene rings is 2. The second-order valence-electron chi connectivity index (χ2n) is 9.15. The highest BCUT2D eigenvalue weighted by atomic mass is 32.2. The van der Waals surface area contributed by atoms with Crippen molar-refractivity contribution in [2.75, 3.05) is 50.7 Å². The molecule has 3 aromatic rings. The van der Waals surface area contributed by atoms with E-state index in [0.29, 0.717) is 35.0 Å². The minimum absolute atomic E-state index is 0.172. The molecule has 1 saturated heterocycles. The van der Waals surface area contributed by atoms with Crippen molar-refractivity contribution in [3.63, 3.8) is 0 Å². The summed E-state index contributed by atoms with van der Waals surface area (Å²) in [6.07, 6.45) is 0.702. The van der Waals surface area contributed by atoms with Crippen molar-refractivity contribution in [1.29, 1.82) is 4.78 Å². The van der Waals surface area contributed by atoms with Crippen LogP contribution in [0.2, 0.25) is 0 Å². The minimum atomic E-state index is -4.58. The van der Waals surface area contributed by atoms with Crippen LogP contribution in [0.3, 0.4) is 0 Å². The number of nitrogens with one attached hydrogen (secondary N) is 3. The number of ether oxygens (including phenoxy) is 1. The fraction of sp³-hybridized carbons (Fsp3) is 0.385. The van der Waals surface area contributed by atoms with Crippen LogP contribution in [-0.4, -0.2) is 66.9 Å². The van der Waals surface area contributed by atoms with Gasteiger partial charge in [0.2, 0.25) is 0 Å². The van der Waals surface area contributed by atoms with E-state index in [9.17, 15) is 21.8 Å². The predicted molar refractivity (Wildman–Crippen MR) is 146 cm³/mol. The van der Waals surface area contributed by atoms with Crippen LogP contribution in [0.15, 0.2) is 50.6 Å². The zero-order valence-corrected chi connectivity index (χ0v) is 23.1. The number of piperidine rings is 1. The largest absolute Gasteiger partial charge is 0.479 e. The number of alkyl halides is 4. The number of likely N-dealkylation sites (tertiary alicyclic amines) is 1. The Morgan fingerprint density at radius 1 is 1.28 bits per heavy atom. The minimum Gasteiger partial charge on any atom is -0.479 e. The molecule has 1 aromatic heterocycles. The molecule has 3 atom stereocenters. The molecule has 39 heavy (non-hydrogen) atoms. The van der Waals surface area contributed by atoms with Gasteiger partial charge in [0.1, 0.15) is 18.5 Å². The van der Waals surface area contributed by atoms with Crippen LogP contribution in [0.4, 0.5) is 28.9 Å². The first-order valence-corrected chi connectivity index (χ1v) is 14.7. The number of rotatable bonds is 7. The fourth-order valence-corrected chi connectivity index (χ4v) is 5.59. The molecule has 1 fully saturated rings. The third-order valence-electron chi connectivity index (χ3n) is 6.15. The van der Waals surface area contributed by atoms with Gasteiger partial charge in [0, 0.05) is 36.7 Å². The van der Waals surface area contributed by atoms with Crippen molar-refractivity contribution in [3.05, 3.63) is 42.2 Å². The number of halogens is 4. The van der Waals surface area contributed by atoms with Crippen LogP contribution in [0.5, 0.6) is 5.75 Å². The molecular weight excluding hydrogens is 556 g/mol. The third kappa shape index (κ3) is 7.12. The van der Waals surface area contributed by atoms with Crippen molar-refractivity contribution < 1.29 is 30.9 Å². The van der Waals surface area contributed by atoms with Crippen molar-refractivity contribution in [2.45, 2.75) is 33.9 Å². The van der Waals surface area contributed by atoms with Gasteiger partial charge < -0.3 is 24.7 Å². The molecule has 13 heteroatoms. The summed E-state index contributed by atoms with van der Waals surface area (Å²) >= 11 is -0.317. The van der Waals surface area contributed by atoms with Crippen molar-refractivity contribution in [3.8, 4) is 17.6 Å². The number of furan rings is 1. The molecule has 0 bridgehead atoms. The molecule has 2 heterocycles. The number of anilines is 2. The molecule has 1 aliphatic heterocycles. The van der Waals surface area contributed by atoms with Crippen LogP contribution in [0, 0.1) is 16.6 Å². The predicted octanol–water partition coefficient (Wildman–Crippen LogP) is 6.01. The Bertz CT molecular complexity index is 1510. The number of hydrogen-bond donors (Lipinski definition) is 3.